The summed E-state index contributed by atoms with van der Waals surface area (Å²) in [5, 5.41) is 2.67. The summed E-state index contributed by atoms with van der Waals surface area (Å²) < 4.78 is 12.0. The zero-order chi connectivity index (χ0) is 22.7. The zero-order valence-corrected chi connectivity index (χ0v) is 20.1. The summed E-state index contributed by atoms with van der Waals surface area (Å²) in [6, 6.07) is 9.21. The number of aryl methyl sites for hydroxylation is 2. The summed E-state index contributed by atoms with van der Waals surface area (Å²) in [7, 11) is 0. The van der Waals surface area contributed by atoms with Crippen LogP contribution in [0.2, 0.25) is 0 Å². The fourth-order valence-corrected chi connectivity index (χ4v) is 4.09. The molecule has 1 fully saturated rings. The summed E-state index contributed by atoms with van der Waals surface area (Å²) >= 11 is 8.77. The lowest BCUT2D eigenvalue weighted by Gasteiger charge is -2.29. The van der Waals surface area contributed by atoms with Crippen LogP contribution in [0.25, 0.3) is 6.08 Å². The third kappa shape index (κ3) is 4.97. The molecule has 1 N–H and O–H groups in total. The topological polar surface area (TPSA) is 67.9 Å². The summed E-state index contributed by atoms with van der Waals surface area (Å²) in [4.78, 5) is 27.3. The first-order valence-electron chi connectivity index (χ1n) is 9.84. The molecule has 6 nitrogen and oxygen atoms in total. The number of thiocarbonyl (C=S) groups is 1. The molecule has 162 valence electrons. The number of carbonyl (C=O) groups is 2. The van der Waals surface area contributed by atoms with Crippen molar-refractivity contribution in [2.45, 2.75) is 27.7 Å². The highest BCUT2D eigenvalue weighted by molar-refractivity contribution is 9.10. The second-order valence-corrected chi connectivity index (χ2v) is 8.23. The molecule has 31 heavy (non-hydrogen) atoms. The molecule has 0 spiro atoms. The van der Waals surface area contributed by atoms with Gasteiger partial charge in [0.2, 0.25) is 0 Å². The molecule has 0 aromatic heterocycles. The number of halogens is 1. The molecule has 0 radical (unpaired) electrons. The Kier molecular flexibility index (Phi) is 7.12. The second kappa shape index (κ2) is 9.62. The van der Waals surface area contributed by atoms with Crippen molar-refractivity contribution in [1.82, 2.24) is 5.32 Å². The van der Waals surface area contributed by atoms with Crippen molar-refractivity contribution < 1.29 is 19.1 Å². The van der Waals surface area contributed by atoms with Gasteiger partial charge in [-0.3, -0.25) is 19.8 Å². The quantitative estimate of drug-likeness (QED) is 0.352. The van der Waals surface area contributed by atoms with Gasteiger partial charge < -0.3 is 9.47 Å². The average Bonchev–Trinajstić information content (AvgIpc) is 2.67. The van der Waals surface area contributed by atoms with Crippen LogP contribution in [0, 0.1) is 13.8 Å². The van der Waals surface area contributed by atoms with E-state index in [-0.39, 0.29) is 10.7 Å². The van der Waals surface area contributed by atoms with Crippen LogP contribution >= 0.6 is 28.1 Å². The van der Waals surface area contributed by atoms with Gasteiger partial charge in [0.1, 0.15) is 17.1 Å². The van der Waals surface area contributed by atoms with Crippen molar-refractivity contribution >= 4 is 56.8 Å². The van der Waals surface area contributed by atoms with Crippen LogP contribution < -0.4 is 19.7 Å². The molecule has 2 amide bonds. The fraction of sp³-hybridized carbons (Fsp3) is 0.261. The number of nitrogens with zero attached hydrogens (tertiary/aromatic N) is 1. The van der Waals surface area contributed by atoms with Crippen LogP contribution in [0.4, 0.5) is 5.69 Å². The molecule has 0 aliphatic carbocycles. The van der Waals surface area contributed by atoms with E-state index in [4.69, 9.17) is 21.7 Å². The van der Waals surface area contributed by atoms with Gasteiger partial charge >= 0.3 is 0 Å². The van der Waals surface area contributed by atoms with Crippen molar-refractivity contribution in [2.24, 2.45) is 0 Å². The number of anilines is 1. The van der Waals surface area contributed by atoms with Crippen molar-refractivity contribution in [3.8, 4) is 11.5 Å². The average molecular weight is 503 g/mol. The van der Waals surface area contributed by atoms with Gasteiger partial charge in [-0.15, -0.1) is 0 Å². The summed E-state index contributed by atoms with van der Waals surface area (Å²) in [6.07, 6.45) is 1.51. The third-order valence-corrected chi connectivity index (χ3v) is 5.43. The maximum Gasteiger partial charge on any atom is 0.270 e. The monoisotopic (exact) mass is 502 g/mol. The number of hydrogen-bond donors (Lipinski definition) is 1. The van der Waals surface area contributed by atoms with Crippen LogP contribution in [0.15, 0.2) is 40.4 Å². The minimum Gasteiger partial charge on any atom is -0.493 e. The Morgan fingerprint density at radius 3 is 2.23 bits per heavy atom. The number of hydrogen-bond acceptors (Lipinski definition) is 5. The van der Waals surface area contributed by atoms with E-state index in [0.29, 0.717) is 40.4 Å². The number of benzene rings is 2. The number of carbonyl (C=O) groups excluding carboxylic acids is 2. The van der Waals surface area contributed by atoms with Crippen LogP contribution in [0.1, 0.15) is 30.5 Å². The highest BCUT2D eigenvalue weighted by Gasteiger charge is 2.35. The van der Waals surface area contributed by atoms with Gasteiger partial charge in [0.25, 0.3) is 11.8 Å². The molecule has 2 aromatic carbocycles. The molecular formula is C23H23BrN2O4S. The van der Waals surface area contributed by atoms with E-state index in [0.717, 1.165) is 11.1 Å². The number of rotatable bonds is 6. The highest BCUT2D eigenvalue weighted by Crippen LogP contribution is 2.35. The van der Waals surface area contributed by atoms with Crippen LogP contribution in [0.3, 0.4) is 0 Å². The molecular weight excluding hydrogens is 480 g/mol. The first kappa shape index (κ1) is 23.0. The van der Waals surface area contributed by atoms with Gasteiger partial charge in [0, 0.05) is 11.6 Å². The lowest BCUT2D eigenvalue weighted by molar-refractivity contribution is -0.122. The molecule has 0 saturated carbocycles. The Labute approximate surface area is 195 Å². The van der Waals surface area contributed by atoms with Gasteiger partial charge in [-0.1, -0.05) is 6.07 Å². The van der Waals surface area contributed by atoms with Crippen molar-refractivity contribution in [1.29, 1.82) is 0 Å². The molecule has 1 aliphatic heterocycles. The summed E-state index contributed by atoms with van der Waals surface area (Å²) in [5.74, 6) is 0.0770. The number of nitrogens with one attached hydrogen (secondary N) is 1. The molecule has 2 aromatic rings. The van der Waals surface area contributed by atoms with Crippen LogP contribution in [-0.2, 0) is 9.59 Å². The van der Waals surface area contributed by atoms with Crippen molar-refractivity contribution in [2.75, 3.05) is 18.1 Å². The Hall–Kier alpha value is -2.71. The van der Waals surface area contributed by atoms with E-state index in [2.05, 4.69) is 21.2 Å². The number of amides is 2. The summed E-state index contributed by atoms with van der Waals surface area (Å²) in [5.41, 5.74) is 3.12. The zero-order valence-electron chi connectivity index (χ0n) is 17.7. The largest absolute Gasteiger partial charge is 0.493 e. The van der Waals surface area contributed by atoms with E-state index >= 15 is 0 Å². The van der Waals surface area contributed by atoms with Crippen LogP contribution in [-0.4, -0.2) is 30.1 Å². The number of ether oxygens (including phenoxy) is 2. The van der Waals surface area contributed by atoms with Gasteiger partial charge in [-0.05, 0) is 91.2 Å². The molecule has 0 bridgehead atoms. The van der Waals surface area contributed by atoms with Gasteiger partial charge in [0.15, 0.2) is 5.11 Å². The van der Waals surface area contributed by atoms with Crippen molar-refractivity contribution in [3.05, 3.63) is 57.1 Å². The normalized spacial score (nSPS) is 15.3. The van der Waals surface area contributed by atoms with Gasteiger partial charge in [-0.2, -0.15) is 0 Å². The van der Waals surface area contributed by atoms with E-state index in [9.17, 15) is 9.59 Å². The Bertz CT molecular complexity index is 1080. The lowest BCUT2D eigenvalue weighted by atomic mass is 10.0. The smallest absolute Gasteiger partial charge is 0.270 e. The SMILES string of the molecule is CCOc1cc(OCC)c(/C=C2\C(=O)NC(=S)N(c3cc(C)cc(C)c3)C2=O)cc1Br. The van der Waals surface area contributed by atoms with Gasteiger partial charge in [0.05, 0.1) is 23.4 Å². The van der Waals surface area contributed by atoms with E-state index in [1.807, 2.05) is 45.9 Å². The summed E-state index contributed by atoms with van der Waals surface area (Å²) in [6.45, 7) is 8.54. The van der Waals surface area contributed by atoms with E-state index in [1.54, 1.807) is 12.1 Å². The minimum atomic E-state index is -0.553. The first-order valence-corrected chi connectivity index (χ1v) is 11.0. The standard InChI is InChI=1S/C23H23BrN2O4S/c1-5-29-19-12-20(30-6-2)18(24)11-15(19)10-17-21(27)25-23(31)26(22(17)28)16-8-13(3)7-14(4)9-16/h7-12H,5-6H2,1-4H3,(H,25,27,31)/b17-10+. The Morgan fingerprint density at radius 2 is 1.61 bits per heavy atom. The van der Waals surface area contributed by atoms with Gasteiger partial charge in [-0.25, -0.2) is 0 Å². The Balaban J connectivity index is 2.08. The highest BCUT2D eigenvalue weighted by atomic mass is 79.9. The molecule has 1 heterocycles. The molecule has 1 aliphatic rings. The maximum atomic E-state index is 13.3. The molecule has 3 rings (SSSR count). The first-order chi connectivity index (χ1) is 14.7. The lowest BCUT2D eigenvalue weighted by Crippen LogP contribution is -2.54. The molecule has 1 saturated heterocycles. The predicted molar refractivity (Wildman–Crippen MR) is 129 cm³/mol. The fourth-order valence-electron chi connectivity index (χ4n) is 3.34. The van der Waals surface area contributed by atoms with E-state index < -0.39 is 11.8 Å². The second-order valence-electron chi connectivity index (χ2n) is 6.99. The Morgan fingerprint density at radius 1 is 1.00 bits per heavy atom. The molecule has 8 heteroatoms. The maximum absolute atomic E-state index is 13.3. The minimum absolute atomic E-state index is 0.0372. The predicted octanol–water partition coefficient (Wildman–Crippen LogP) is 4.69. The van der Waals surface area contributed by atoms with Crippen molar-refractivity contribution in [3.63, 3.8) is 0 Å². The third-order valence-electron chi connectivity index (χ3n) is 4.53. The molecule has 0 atom stereocenters. The molecule has 0 unspecified atom stereocenters. The van der Waals surface area contributed by atoms with E-state index in [1.165, 1.54) is 11.0 Å². The van der Waals surface area contributed by atoms with Crippen LogP contribution in [0.5, 0.6) is 11.5 Å².